The van der Waals surface area contributed by atoms with Crippen LogP contribution in [0.4, 0.5) is 0 Å². The van der Waals surface area contributed by atoms with Gasteiger partial charge in [-0.05, 0) is 52.0 Å². The highest BCUT2D eigenvalue weighted by Gasteiger charge is 2.28. The van der Waals surface area contributed by atoms with E-state index in [1.54, 1.807) is 6.07 Å². The Morgan fingerprint density at radius 1 is 1.44 bits per heavy atom. The predicted molar refractivity (Wildman–Crippen MR) is 103 cm³/mol. The maximum atomic E-state index is 12.7. The Hall–Kier alpha value is -1.37. The van der Waals surface area contributed by atoms with Gasteiger partial charge in [-0.3, -0.25) is 4.79 Å². The molecule has 1 atom stereocenters. The number of rotatable bonds is 6. The quantitative estimate of drug-likeness (QED) is 0.769. The Morgan fingerprint density at radius 3 is 3.00 bits per heavy atom. The minimum absolute atomic E-state index is 0.0901. The number of amides is 1. The molecule has 7 heteroatoms. The third kappa shape index (κ3) is 4.63. The summed E-state index contributed by atoms with van der Waals surface area (Å²) in [5.74, 6) is 1.51. The van der Waals surface area contributed by atoms with Gasteiger partial charge in [0.15, 0.2) is 0 Å². The smallest absolute Gasteiger partial charge is 0.263 e. The summed E-state index contributed by atoms with van der Waals surface area (Å²) in [6, 6.07) is 3.61. The first-order chi connectivity index (χ1) is 12.0. The van der Waals surface area contributed by atoms with Crippen molar-refractivity contribution in [3.05, 3.63) is 39.6 Å². The van der Waals surface area contributed by atoms with Gasteiger partial charge in [0.05, 0.1) is 9.21 Å². The van der Waals surface area contributed by atoms with Crippen molar-refractivity contribution in [3.63, 3.8) is 0 Å². The lowest BCUT2D eigenvalue weighted by molar-refractivity contribution is 0.0708. The zero-order chi connectivity index (χ0) is 17.8. The zero-order valence-corrected chi connectivity index (χ0v) is 16.4. The van der Waals surface area contributed by atoms with Crippen molar-refractivity contribution in [1.82, 2.24) is 19.4 Å². The van der Waals surface area contributed by atoms with E-state index in [-0.39, 0.29) is 5.91 Å². The van der Waals surface area contributed by atoms with Crippen LogP contribution in [0, 0.1) is 0 Å². The first kappa shape index (κ1) is 18.4. The summed E-state index contributed by atoms with van der Waals surface area (Å²) in [6.07, 6.45) is 7.13. The molecule has 2 aromatic heterocycles. The normalized spacial score (nSPS) is 18.1. The average Bonchev–Trinajstić information content (AvgIpc) is 3.23. The average molecular weight is 381 g/mol. The van der Waals surface area contributed by atoms with Crippen LogP contribution in [0.3, 0.4) is 0 Å². The topological polar surface area (TPSA) is 41.4 Å². The molecule has 5 nitrogen and oxygen atoms in total. The highest BCUT2D eigenvalue weighted by Crippen LogP contribution is 2.29. The third-order valence-electron chi connectivity index (χ3n) is 4.61. The molecule has 1 fully saturated rings. The van der Waals surface area contributed by atoms with Gasteiger partial charge in [0.1, 0.15) is 5.82 Å². The highest BCUT2D eigenvalue weighted by atomic mass is 35.5. The van der Waals surface area contributed by atoms with Gasteiger partial charge < -0.3 is 14.4 Å². The van der Waals surface area contributed by atoms with Crippen molar-refractivity contribution < 1.29 is 4.79 Å². The lowest BCUT2D eigenvalue weighted by atomic mass is 9.97. The van der Waals surface area contributed by atoms with Crippen LogP contribution in [-0.4, -0.2) is 59.0 Å². The van der Waals surface area contributed by atoms with E-state index in [0.717, 1.165) is 56.1 Å². The SMILES string of the molecule is CN(C)CCCn1ccnc1C1CCCN(C(=O)c2ccc(Cl)s2)C1. The predicted octanol–water partition coefficient (Wildman–Crippen LogP) is 3.57. The Balaban J connectivity index is 1.65. The van der Waals surface area contributed by atoms with E-state index in [0.29, 0.717) is 10.3 Å². The standard InChI is InChI=1S/C18H25ClN4OS/c1-21(2)9-4-11-22-12-8-20-17(22)14-5-3-10-23(13-14)18(24)15-6-7-16(19)25-15/h6-8,12,14H,3-5,9-11,13H2,1-2H3. The molecule has 2 aromatic rings. The summed E-state index contributed by atoms with van der Waals surface area (Å²) in [5.41, 5.74) is 0. The fourth-order valence-electron chi connectivity index (χ4n) is 3.38. The number of nitrogens with zero attached hydrogens (tertiary/aromatic N) is 4. The van der Waals surface area contributed by atoms with E-state index in [4.69, 9.17) is 11.6 Å². The minimum Gasteiger partial charge on any atom is -0.337 e. The van der Waals surface area contributed by atoms with Crippen molar-refractivity contribution >= 4 is 28.8 Å². The van der Waals surface area contributed by atoms with Gasteiger partial charge >= 0.3 is 0 Å². The van der Waals surface area contributed by atoms with Crippen molar-refractivity contribution in [3.8, 4) is 0 Å². The number of halogens is 1. The van der Waals surface area contributed by atoms with Crippen molar-refractivity contribution in [2.45, 2.75) is 31.7 Å². The number of thiophene rings is 1. The molecular formula is C18H25ClN4OS. The van der Waals surface area contributed by atoms with Crippen LogP contribution in [0.2, 0.25) is 4.34 Å². The van der Waals surface area contributed by atoms with Crippen LogP contribution >= 0.6 is 22.9 Å². The second kappa shape index (κ2) is 8.34. The maximum absolute atomic E-state index is 12.7. The number of aromatic nitrogens is 2. The van der Waals surface area contributed by atoms with Gasteiger partial charge in [-0.25, -0.2) is 4.98 Å². The van der Waals surface area contributed by atoms with Gasteiger partial charge in [-0.15, -0.1) is 11.3 Å². The molecule has 1 aliphatic heterocycles. The van der Waals surface area contributed by atoms with E-state index in [1.807, 2.05) is 17.2 Å². The largest absolute Gasteiger partial charge is 0.337 e. The monoisotopic (exact) mass is 380 g/mol. The Bertz CT molecular complexity index is 712. The molecule has 0 saturated carbocycles. The van der Waals surface area contributed by atoms with Crippen LogP contribution < -0.4 is 0 Å². The fourth-order valence-corrected chi connectivity index (χ4v) is 4.40. The van der Waals surface area contributed by atoms with Crippen molar-refractivity contribution in [2.75, 3.05) is 33.7 Å². The molecule has 0 aliphatic carbocycles. The van der Waals surface area contributed by atoms with E-state index < -0.39 is 0 Å². The van der Waals surface area contributed by atoms with Crippen LogP contribution in [0.5, 0.6) is 0 Å². The number of hydrogen-bond donors (Lipinski definition) is 0. The van der Waals surface area contributed by atoms with Gasteiger partial charge in [0.2, 0.25) is 0 Å². The van der Waals surface area contributed by atoms with Crippen LogP contribution in [0.15, 0.2) is 24.5 Å². The van der Waals surface area contributed by atoms with E-state index in [1.165, 1.54) is 11.3 Å². The Labute approximate surface area is 158 Å². The lowest BCUT2D eigenvalue weighted by Gasteiger charge is -2.32. The summed E-state index contributed by atoms with van der Waals surface area (Å²) >= 11 is 7.33. The number of likely N-dealkylation sites (tertiary alicyclic amines) is 1. The second-order valence-electron chi connectivity index (χ2n) is 6.83. The summed E-state index contributed by atoms with van der Waals surface area (Å²) in [5, 5.41) is 0. The van der Waals surface area contributed by atoms with Crippen molar-refractivity contribution in [1.29, 1.82) is 0 Å². The zero-order valence-electron chi connectivity index (χ0n) is 14.8. The molecule has 25 heavy (non-hydrogen) atoms. The molecule has 3 rings (SSSR count). The Kier molecular flexibility index (Phi) is 6.15. The van der Waals surface area contributed by atoms with Crippen LogP contribution in [0.1, 0.15) is 40.7 Å². The number of hydrogen-bond acceptors (Lipinski definition) is 4. The molecule has 136 valence electrons. The van der Waals surface area contributed by atoms with Crippen molar-refractivity contribution in [2.24, 2.45) is 0 Å². The molecule has 1 aliphatic rings. The van der Waals surface area contributed by atoms with E-state index in [9.17, 15) is 4.79 Å². The maximum Gasteiger partial charge on any atom is 0.263 e. The first-order valence-electron chi connectivity index (χ1n) is 8.75. The summed E-state index contributed by atoms with van der Waals surface area (Å²) in [7, 11) is 4.19. The van der Waals surface area contributed by atoms with Gasteiger partial charge in [0.25, 0.3) is 5.91 Å². The molecule has 3 heterocycles. The molecule has 0 N–H and O–H groups in total. The molecular weight excluding hydrogens is 356 g/mol. The van der Waals surface area contributed by atoms with Gasteiger partial charge in [0, 0.05) is 37.9 Å². The highest BCUT2D eigenvalue weighted by molar-refractivity contribution is 7.17. The summed E-state index contributed by atoms with van der Waals surface area (Å²) < 4.78 is 2.91. The molecule has 0 spiro atoms. The van der Waals surface area contributed by atoms with Gasteiger partial charge in [-0.2, -0.15) is 0 Å². The molecule has 0 aromatic carbocycles. The molecule has 1 saturated heterocycles. The Morgan fingerprint density at radius 2 is 2.28 bits per heavy atom. The number of piperidine rings is 1. The number of carbonyl (C=O) groups is 1. The molecule has 1 amide bonds. The number of aryl methyl sites for hydroxylation is 1. The summed E-state index contributed by atoms with van der Waals surface area (Å²) in [6.45, 7) is 3.58. The van der Waals surface area contributed by atoms with Crippen LogP contribution in [-0.2, 0) is 6.54 Å². The lowest BCUT2D eigenvalue weighted by Crippen LogP contribution is -2.39. The number of carbonyl (C=O) groups excluding carboxylic acids is 1. The second-order valence-corrected chi connectivity index (χ2v) is 8.54. The van der Waals surface area contributed by atoms with Gasteiger partial charge in [-0.1, -0.05) is 11.6 Å². The van der Waals surface area contributed by atoms with Crippen LogP contribution in [0.25, 0.3) is 0 Å². The molecule has 0 bridgehead atoms. The third-order valence-corrected chi connectivity index (χ3v) is 5.83. The molecule has 1 unspecified atom stereocenters. The first-order valence-corrected chi connectivity index (χ1v) is 9.94. The summed E-state index contributed by atoms with van der Waals surface area (Å²) in [4.78, 5) is 22.2. The van der Waals surface area contributed by atoms with E-state index >= 15 is 0 Å². The van der Waals surface area contributed by atoms with E-state index in [2.05, 4.69) is 34.7 Å². The molecule has 0 radical (unpaired) electrons. The number of imidazole rings is 1. The minimum atomic E-state index is 0.0901. The fraction of sp³-hybridized carbons (Fsp3) is 0.556.